The second-order valence-electron chi connectivity index (χ2n) is 10.5. The summed E-state index contributed by atoms with van der Waals surface area (Å²) in [5.41, 5.74) is -0.622. The third kappa shape index (κ3) is 3.45. The fourth-order valence-corrected chi connectivity index (χ4v) is 5.32. The molecule has 2 aromatic carbocycles. The number of benzene rings is 2. The molecule has 176 valence electrons. The smallest absolute Gasteiger partial charge is 0.410 e. The molecule has 2 fully saturated rings. The lowest BCUT2D eigenvalue weighted by atomic mass is 9.47. The highest BCUT2D eigenvalue weighted by Crippen LogP contribution is 2.60. The van der Waals surface area contributed by atoms with Crippen LogP contribution in [0.2, 0.25) is 0 Å². The van der Waals surface area contributed by atoms with E-state index in [1.165, 1.54) is 12.1 Å². The Kier molecular flexibility index (Phi) is 4.83. The van der Waals surface area contributed by atoms with E-state index in [-0.39, 0.29) is 22.6 Å². The van der Waals surface area contributed by atoms with Gasteiger partial charge in [-0.2, -0.15) is 0 Å². The Morgan fingerprint density at radius 3 is 1.91 bits per heavy atom. The maximum atomic E-state index is 13.5. The van der Waals surface area contributed by atoms with Crippen molar-refractivity contribution in [3.05, 3.63) is 71.3 Å². The molecule has 3 amide bonds. The van der Waals surface area contributed by atoms with Gasteiger partial charge in [0.05, 0.1) is 16.5 Å². The van der Waals surface area contributed by atoms with Gasteiger partial charge in [-0.25, -0.2) is 9.59 Å². The minimum absolute atomic E-state index is 0.214. The predicted molar refractivity (Wildman–Crippen MR) is 121 cm³/mol. The molecule has 5 rings (SSSR count). The van der Waals surface area contributed by atoms with Gasteiger partial charge in [0.15, 0.2) is 0 Å². The van der Waals surface area contributed by atoms with E-state index >= 15 is 0 Å². The molecule has 8 heteroatoms. The average molecular weight is 463 g/mol. The number of hydrogen-bond acceptors (Lipinski definition) is 6. The van der Waals surface area contributed by atoms with Crippen molar-refractivity contribution in [2.45, 2.75) is 44.6 Å². The van der Waals surface area contributed by atoms with Crippen LogP contribution in [0.1, 0.15) is 59.9 Å². The molecule has 0 N–H and O–H groups in total. The lowest BCUT2D eigenvalue weighted by Gasteiger charge is -2.62. The monoisotopic (exact) mass is 462 g/mol. The van der Waals surface area contributed by atoms with Gasteiger partial charge in [-0.05, 0) is 51.3 Å². The third-order valence-corrected chi connectivity index (χ3v) is 6.71. The molecule has 34 heavy (non-hydrogen) atoms. The Morgan fingerprint density at radius 2 is 1.38 bits per heavy atom. The highest BCUT2D eigenvalue weighted by molar-refractivity contribution is 6.21. The van der Waals surface area contributed by atoms with Gasteiger partial charge in [0.1, 0.15) is 5.60 Å². The third-order valence-electron chi connectivity index (χ3n) is 6.71. The van der Waals surface area contributed by atoms with Crippen LogP contribution in [0.3, 0.4) is 0 Å². The molecule has 3 aliphatic rings. The zero-order valence-electron chi connectivity index (χ0n) is 19.4. The number of nitrogens with zero attached hydrogens (tertiary/aromatic N) is 2. The van der Waals surface area contributed by atoms with Gasteiger partial charge in [0.25, 0.3) is 11.8 Å². The number of imide groups is 1. The van der Waals surface area contributed by atoms with Crippen molar-refractivity contribution in [3.63, 3.8) is 0 Å². The maximum absolute atomic E-state index is 13.5. The molecule has 0 aromatic heterocycles. The predicted octanol–water partition coefficient (Wildman–Crippen LogP) is 3.71. The van der Waals surface area contributed by atoms with Gasteiger partial charge in [-0.1, -0.05) is 47.5 Å². The summed E-state index contributed by atoms with van der Waals surface area (Å²) in [6.45, 7) is 6.42. The lowest BCUT2D eigenvalue weighted by molar-refractivity contribution is -0.194. The van der Waals surface area contributed by atoms with Gasteiger partial charge >= 0.3 is 12.1 Å². The molecular weight excluding hydrogens is 436 g/mol. The molecule has 0 radical (unpaired) electrons. The molecular formula is C26H26N2O6. The van der Waals surface area contributed by atoms with Crippen LogP contribution in [-0.2, 0) is 19.8 Å². The Labute approximate surface area is 197 Å². The molecule has 2 aliphatic heterocycles. The number of rotatable bonds is 3. The molecule has 1 saturated heterocycles. The van der Waals surface area contributed by atoms with E-state index in [9.17, 15) is 19.2 Å². The van der Waals surface area contributed by atoms with Crippen LogP contribution in [-0.4, -0.2) is 52.5 Å². The molecule has 0 bridgehead atoms. The van der Waals surface area contributed by atoms with E-state index in [0.29, 0.717) is 31.0 Å². The lowest BCUT2D eigenvalue weighted by Crippen LogP contribution is -2.70. The van der Waals surface area contributed by atoms with Gasteiger partial charge in [-0.15, -0.1) is 0 Å². The summed E-state index contributed by atoms with van der Waals surface area (Å²) < 4.78 is 5.44. The van der Waals surface area contributed by atoms with Crippen LogP contribution in [0.15, 0.2) is 54.6 Å². The van der Waals surface area contributed by atoms with E-state index in [1.807, 2.05) is 51.1 Å². The SMILES string of the molecule is CC(C)(C)OC(=O)N1CC2(C1)CC(C(=O)ON1C(=O)c3ccccc3C1=O)(c1ccccc1)C2. The van der Waals surface area contributed by atoms with E-state index in [4.69, 9.17) is 9.57 Å². The minimum Gasteiger partial charge on any atom is -0.444 e. The summed E-state index contributed by atoms with van der Waals surface area (Å²) in [5.74, 6) is -1.94. The van der Waals surface area contributed by atoms with Gasteiger partial charge in [0, 0.05) is 18.5 Å². The fourth-order valence-electron chi connectivity index (χ4n) is 5.32. The fraction of sp³-hybridized carbons (Fsp3) is 0.385. The van der Waals surface area contributed by atoms with Crippen molar-refractivity contribution < 1.29 is 28.8 Å². The zero-order valence-corrected chi connectivity index (χ0v) is 19.4. The first-order valence-corrected chi connectivity index (χ1v) is 11.3. The summed E-state index contributed by atoms with van der Waals surface area (Å²) in [7, 11) is 0. The quantitative estimate of drug-likeness (QED) is 0.646. The largest absolute Gasteiger partial charge is 0.444 e. The van der Waals surface area contributed by atoms with Crippen molar-refractivity contribution in [2.24, 2.45) is 5.41 Å². The van der Waals surface area contributed by atoms with Gasteiger partial charge < -0.3 is 14.5 Å². The number of carbonyl (C=O) groups is 4. The number of carbonyl (C=O) groups excluding carboxylic acids is 4. The number of hydrogen-bond donors (Lipinski definition) is 0. The van der Waals surface area contributed by atoms with E-state index in [0.717, 1.165) is 5.56 Å². The summed E-state index contributed by atoms with van der Waals surface area (Å²) in [6.07, 6.45) is 0.528. The molecule has 1 saturated carbocycles. The Hall–Kier alpha value is -3.68. The number of hydroxylamine groups is 2. The zero-order chi connectivity index (χ0) is 24.3. The Morgan fingerprint density at radius 1 is 0.853 bits per heavy atom. The highest BCUT2D eigenvalue weighted by Gasteiger charge is 2.66. The molecule has 2 aromatic rings. The minimum atomic E-state index is -1.00. The number of fused-ring (bicyclic) bond motifs is 1. The first kappa shape index (κ1) is 22.1. The summed E-state index contributed by atoms with van der Waals surface area (Å²) >= 11 is 0. The molecule has 8 nitrogen and oxygen atoms in total. The molecule has 0 unspecified atom stereocenters. The van der Waals surface area contributed by atoms with Crippen molar-refractivity contribution in [1.29, 1.82) is 0 Å². The average Bonchev–Trinajstić information content (AvgIpc) is 2.97. The van der Waals surface area contributed by atoms with Crippen LogP contribution < -0.4 is 0 Å². The van der Waals surface area contributed by atoms with Crippen LogP contribution in [0.5, 0.6) is 0 Å². The topological polar surface area (TPSA) is 93.2 Å². The van der Waals surface area contributed by atoms with Crippen LogP contribution in [0, 0.1) is 5.41 Å². The normalized spacial score (nSPS) is 19.9. The second kappa shape index (κ2) is 7.41. The first-order valence-electron chi connectivity index (χ1n) is 11.3. The van der Waals surface area contributed by atoms with Crippen LogP contribution in [0.25, 0.3) is 0 Å². The summed E-state index contributed by atoms with van der Waals surface area (Å²) in [5, 5.41) is 0.566. The number of ether oxygens (including phenoxy) is 1. The van der Waals surface area contributed by atoms with E-state index in [2.05, 4.69) is 0 Å². The van der Waals surface area contributed by atoms with Crippen molar-refractivity contribution in [3.8, 4) is 0 Å². The van der Waals surface area contributed by atoms with Crippen molar-refractivity contribution >= 4 is 23.9 Å². The van der Waals surface area contributed by atoms with E-state index < -0.39 is 28.8 Å². The number of amides is 3. The van der Waals surface area contributed by atoms with Gasteiger partial charge in [-0.3, -0.25) is 9.59 Å². The number of likely N-dealkylation sites (tertiary alicyclic amines) is 1. The van der Waals surface area contributed by atoms with E-state index in [1.54, 1.807) is 17.0 Å². The Balaban J connectivity index is 1.33. The summed E-state index contributed by atoms with van der Waals surface area (Å²) in [6, 6.07) is 15.6. The van der Waals surface area contributed by atoms with Crippen LogP contribution in [0.4, 0.5) is 4.79 Å². The first-order chi connectivity index (χ1) is 16.0. The van der Waals surface area contributed by atoms with Crippen LogP contribution >= 0.6 is 0 Å². The molecule has 1 aliphatic carbocycles. The second-order valence-corrected chi connectivity index (χ2v) is 10.5. The Bertz CT molecular complexity index is 1150. The molecule has 0 atom stereocenters. The summed E-state index contributed by atoms with van der Waals surface area (Å²) in [4.78, 5) is 58.4. The highest BCUT2D eigenvalue weighted by atomic mass is 16.7. The van der Waals surface area contributed by atoms with Crippen molar-refractivity contribution in [2.75, 3.05) is 13.1 Å². The maximum Gasteiger partial charge on any atom is 0.410 e. The molecule has 2 heterocycles. The standard InChI is InChI=1S/C26H26N2O6/c1-24(2,3)33-23(32)27-15-25(16-27)13-26(14-25,17-9-5-4-6-10-17)22(31)34-28-20(29)18-11-7-8-12-19(18)21(28)30/h4-12H,13-16H2,1-3H3. The van der Waals surface area contributed by atoms with Gasteiger partial charge in [0.2, 0.25) is 0 Å². The van der Waals surface area contributed by atoms with Crippen molar-refractivity contribution in [1.82, 2.24) is 9.96 Å². The molecule has 1 spiro atoms.